The van der Waals surface area contributed by atoms with Crippen molar-refractivity contribution in [2.45, 2.75) is 45.3 Å². The minimum absolute atomic E-state index is 0.0260. The van der Waals surface area contributed by atoms with E-state index in [-0.39, 0.29) is 18.2 Å². The van der Waals surface area contributed by atoms with Gasteiger partial charge in [0.2, 0.25) is 0 Å². The van der Waals surface area contributed by atoms with Crippen LogP contribution in [0.4, 0.5) is 9.93 Å². The van der Waals surface area contributed by atoms with E-state index in [9.17, 15) is 4.79 Å². The number of ether oxygens (including phenoxy) is 1. The maximum atomic E-state index is 11.8. The second-order valence-electron chi connectivity index (χ2n) is 4.44. The van der Waals surface area contributed by atoms with Gasteiger partial charge in [-0.1, -0.05) is 6.92 Å². The zero-order valence-corrected chi connectivity index (χ0v) is 11.5. The molecule has 5 nitrogen and oxygen atoms in total. The Balaban J connectivity index is 1.80. The van der Waals surface area contributed by atoms with Crippen LogP contribution in [-0.2, 0) is 11.2 Å². The third kappa shape index (κ3) is 3.43. The molecule has 1 aromatic rings. The van der Waals surface area contributed by atoms with E-state index < -0.39 is 0 Å². The lowest BCUT2D eigenvalue weighted by molar-refractivity contribution is 0.0868. The molecule has 6 heteroatoms. The highest BCUT2D eigenvalue weighted by atomic mass is 32.1. The molecular weight excluding hydrogens is 250 g/mol. The molecule has 1 saturated heterocycles. The van der Waals surface area contributed by atoms with E-state index in [4.69, 9.17) is 4.74 Å². The zero-order chi connectivity index (χ0) is 13.0. The van der Waals surface area contributed by atoms with Gasteiger partial charge in [0, 0.05) is 12.0 Å². The predicted molar refractivity (Wildman–Crippen MR) is 72.1 cm³/mol. The van der Waals surface area contributed by atoms with Gasteiger partial charge >= 0.3 is 6.03 Å². The lowest BCUT2D eigenvalue weighted by atomic mass is 10.1. The van der Waals surface area contributed by atoms with Gasteiger partial charge in [-0.25, -0.2) is 9.78 Å². The van der Waals surface area contributed by atoms with E-state index in [1.165, 1.54) is 11.3 Å². The van der Waals surface area contributed by atoms with Crippen LogP contribution in [0.5, 0.6) is 0 Å². The first-order chi connectivity index (χ1) is 8.69. The van der Waals surface area contributed by atoms with Crippen LogP contribution in [0.15, 0.2) is 5.38 Å². The number of nitrogens with one attached hydrogen (secondary N) is 2. The number of amides is 2. The molecule has 1 aromatic heterocycles. The highest BCUT2D eigenvalue weighted by molar-refractivity contribution is 7.13. The molecule has 0 aromatic carbocycles. The molecule has 0 bridgehead atoms. The average molecular weight is 269 g/mol. The Morgan fingerprint density at radius 3 is 3.17 bits per heavy atom. The SMILES string of the molecule is CCc1csc(NC(=O)NC(C)C2CCCO2)n1. The summed E-state index contributed by atoms with van der Waals surface area (Å²) < 4.78 is 5.53. The Kier molecular flexibility index (Phi) is 4.54. The molecule has 2 atom stereocenters. The highest BCUT2D eigenvalue weighted by Crippen LogP contribution is 2.17. The molecule has 1 aliphatic rings. The first-order valence-corrected chi connectivity index (χ1v) is 7.20. The molecule has 1 fully saturated rings. The van der Waals surface area contributed by atoms with Crippen molar-refractivity contribution in [1.82, 2.24) is 10.3 Å². The summed E-state index contributed by atoms with van der Waals surface area (Å²) >= 11 is 1.45. The molecule has 100 valence electrons. The predicted octanol–water partition coefficient (Wildman–Crippen LogP) is 2.39. The second kappa shape index (κ2) is 6.15. The quantitative estimate of drug-likeness (QED) is 0.882. The van der Waals surface area contributed by atoms with Crippen LogP contribution in [-0.4, -0.2) is 29.8 Å². The van der Waals surface area contributed by atoms with Crippen LogP contribution >= 0.6 is 11.3 Å². The first kappa shape index (κ1) is 13.3. The Morgan fingerprint density at radius 2 is 2.56 bits per heavy atom. The van der Waals surface area contributed by atoms with E-state index in [1.54, 1.807) is 0 Å². The fraction of sp³-hybridized carbons (Fsp3) is 0.667. The number of hydrogen-bond acceptors (Lipinski definition) is 4. The van der Waals surface area contributed by atoms with Gasteiger partial charge in [-0.05, 0) is 26.2 Å². The van der Waals surface area contributed by atoms with Crippen molar-refractivity contribution < 1.29 is 9.53 Å². The smallest absolute Gasteiger partial charge is 0.321 e. The van der Waals surface area contributed by atoms with Gasteiger partial charge in [0.05, 0.1) is 17.8 Å². The number of carbonyl (C=O) groups excluding carboxylic acids is 1. The van der Waals surface area contributed by atoms with E-state index in [0.29, 0.717) is 5.13 Å². The molecule has 0 spiro atoms. The molecule has 0 saturated carbocycles. The maximum absolute atomic E-state index is 11.8. The van der Waals surface area contributed by atoms with Crippen LogP contribution < -0.4 is 10.6 Å². The van der Waals surface area contributed by atoms with Gasteiger partial charge in [-0.2, -0.15) is 0 Å². The van der Waals surface area contributed by atoms with Crippen molar-refractivity contribution >= 4 is 22.5 Å². The summed E-state index contributed by atoms with van der Waals surface area (Å²) in [5, 5.41) is 8.24. The molecule has 2 rings (SSSR count). The first-order valence-electron chi connectivity index (χ1n) is 6.32. The third-order valence-corrected chi connectivity index (χ3v) is 3.82. The van der Waals surface area contributed by atoms with Crippen molar-refractivity contribution in [3.8, 4) is 0 Å². The Labute approximate surface area is 111 Å². The van der Waals surface area contributed by atoms with Crippen molar-refractivity contribution in [1.29, 1.82) is 0 Å². The van der Waals surface area contributed by atoms with Crippen LogP contribution in [0.1, 0.15) is 32.4 Å². The molecule has 2 N–H and O–H groups in total. The summed E-state index contributed by atoms with van der Waals surface area (Å²) in [5.74, 6) is 0. The number of aryl methyl sites for hydroxylation is 1. The fourth-order valence-corrected chi connectivity index (χ4v) is 2.75. The number of carbonyl (C=O) groups is 1. The normalized spacial score (nSPS) is 20.7. The largest absolute Gasteiger partial charge is 0.376 e. The third-order valence-electron chi connectivity index (χ3n) is 3.02. The summed E-state index contributed by atoms with van der Waals surface area (Å²) in [5.41, 5.74) is 1.00. The second-order valence-corrected chi connectivity index (χ2v) is 5.29. The van der Waals surface area contributed by atoms with Gasteiger partial charge in [0.1, 0.15) is 0 Å². The van der Waals surface area contributed by atoms with Crippen LogP contribution in [0.2, 0.25) is 0 Å². The van der Waals surface area contributed by atoms with Crippen LogP contribution in [0.25, 0.3) is 0 Å². The highest BCUT2D eigenvalue weighted by Gasteiger charge is 2.23. The number of aromatic nitrogens is 1. The molecule has 0 radical (unpaired) electrons. The van der Waals surface area contributed by atoms with E-state index >= 15 is 0 Å². The fourth-order valence-electron chi connectivity index (χ4n) is 1.96. The Hall–Kier alpha value is -1.14. The van der Waals surface area contributed by atoms with Crippen LogP contribution in [0.3, 0.4) is 0 Å². The number of hydrogen-bond donors (Lipinski definition) is 2. The number of nitrogens with zero attached hydrogens (tertiary/aromatic N) is 1. The van der Waals surface area contributed by atoms with Gasteiger partial charge in [-0.15, -0.1) is 11.3 Å². The molecule has 2 unspecified atom stereocenters. The van der Waals surface area contributed by atoms with E-state index in [1.807, 2.05) is 19.2 Å². The van der Waals surface area contributed by atoms with Crippen molar-refractivity contribution in [2.75, 3.05) is 11.9 Å². The topological polar surface area (TPSA) is 63.2 Å². The average Bonchev–Trinajstić information content (AvgIpc) is 2.98. The lowest BCUT2D eigenvalue weighted by Gasteiger charge is -2.19. The molecule has 2 amide bonds. The van der Waals surface area contributed by atoms with Gasteiger partial charge in [0.15, 0.2) is 5.13 Å². The maximum Gasteiger partial charge on any atom is 0.321 e. The van der Waals surface area contributed by atoms with E-state index in [2.05, 4.69) is 15.6 Å². The zero-order valence-electron chi connectivity index (χ0n) is 10.7. The van der Waals surface area contributed by atoms with Crippen LogP contribution in [0, 0.1) is 0 Å². The Morgan fingerprint density at radius 1 is 1.72 bits per heavy atom. The Bertz CT molecular complexity index is 402. The number of urea groups is 1. The number of rotatable bonds is 4. The molecule has 1 aliphatic heterocycles. The summed E-state index contributed by atoms with van der Waals surface area (Å²) in [7, 11) is 0. The minimum atomic E-state index is -0.213. The molecule has 2 heterocycles. The van der Waals surface area contributed by atoms with E-state index in [0.717, 1.165) is 31.6 Å². The minimum Gasteiger partial charge on any atom is -0.376 e. The number of thiazole rings is 1. The molecule has 18 heavy (non-hydrogen) atoms. The van der Waals surface area contributed by atoms with Crippen molar-refractivity contribution in [3.05, 3.63) is 11.1 Å². The monoisotopic (exact) mass is 269 g/mol. The summed E-state index contributed by atoms with van der Waals surface area (Å²) in [6.07, 6.45) is 3.10. The summed E-state index contributed by atoms with van der Waals surface area (Å²) in [6.45, 7) is 4.80. The molecule has 0 aliphatic carbocycles. The summed E-state index contributed by atoms with van der Waals surface area (Å²) in [6, 6.07) is -0.187. The van der Waals surface area contributed by atoms with Crippen molar-refractivity contribution in [2.24, 2.45) is 0 Å². The number of anilines is 1. The van der Waals surface area contributed by atoms with Gasteiger partial charge in [-0.3, -0.25) is 5.32 Å². The van der Waals surface area contributed by atoms with Crippen molar-refractivity contribution in [3.63, 3.8) is 0 Å². The van der Waals surface area contributed by atoms with Gasteiger partial charge < -0.3 is 10.1 Å². The molecular formula is C12H19N3O2S. The lowest BCUT2D eigenvalue weighted by Crippen LogP contribution is -2.42. The summed E-state index contributed by atoms with van der Waals surface area (Å²) in [4.78, 5) is 16.1. The standard InChI is InChI=1S/C12H19N3O2S/c1-3-9-7-18-12(14-9)15-11(16)13-8(2)10-5-4-6-17-10/h7-8,10H,3-6H2,1-2H3,(H2,13,14,15,16). The van der Waals surface area contributed by atoms with Gasteiger partial charge in [0.25, 0.3) is 0 Å².